The van der Waals surface area contributed by atoms with Crippen molar-refractivity contribution < 1.29 is 19.1 Å². The zero-order chi connectivity index (χ0) is 20.8. The number of anilines is 1. The van der Waals surface area contributed by atoms with Crippen LogP contribution in [0.25, 0.3) is 0 Å². The maximum atomic E-state index is 12.6. The lowest BCUT2D eigenvalue weighted by atomic mass is 10.0. The van der Waals surface area contributed by atoms with Crippen LogP contribution in [0.3, 0.4) is 0 Å². The van der Waals surface area contributed by atoms with Gasteiger partial charge in [0.2, 0.25) is 11.8 Å². The van der Waals surface area contributed by atoms with Crippen LogP contribution in [0.5, 0.6) is 0 Å². The van der Waals surface area contributed by atoms with Gasteiger partial charge in [0.1, 0.15) is 5.00 Å². The van der Waals surface area contributed by atoms with Gasteiger partial charge in [0, 0.05) is 14.1 Å². The second-order valence-corrected chi connectivity index (χ2v) is 8.57. The minimum Gasteiger partial charge on any atom is -0.462 e. The second kappa shape index (κ2) is 10.0. The van der Waals surface area contributed by atoms with Gasteiger partial charge < -0.3 is 15.0 Å². The fourth-order valence-corrected chi connectivity index (χ4v) is 4.43. The monoisotopic (exact) mass is 409 g/mol. The Bertz CT molecular complexity index is 714. The van der Waals surface area contributed by atoms with Gasteiger partial charge in [-0.1, -0.05) is 13.8 Å². The Balaban J connectivity index is 2.11. The maximum absolute atomic E-state index is 12.6. The van der Waals surface area contributed by atoms with Gasteiger partial charge in [-0.05, 0) is 49.6 Å². The lowest BCUT2D eigenvalue weighted by Gasteiger charge is -2.25. The van der Waals surface area contributed by atoms with Crippen molar-refractivity contribution in [3.8, 4) is 0 Å². The van der Waals surface area contributed by atoms with Gasteiger partial charge in [0.15, 0.2) is 0 Å². The first-order valence-electron chi connectivity index (χ1n) is 9.77. The van der Waals surface area contributed by atoms with Crippen LogP contribution in [0.1, 0.15) is 49.5 Å². The molecule has 28 heavy (non-hydrogen) atoms. The Labute approximate surface area is 171 Å². The molecule has 1 saturated heterocycles. The average molecular weight is 410 g/mol. The smallest absolute Gasteiger partial charge is 0.341 e. The Hall–Kier alpha value is -1.93. The van der Waals surface area contributed by atoms with E-state index in [1.807, 2.05) is 10.3 Å². The number of nitrogens with zero attached hydrogens (tertiary/aromatic N) is 2. The van der Waals surface area contributed by atoms with Crippen LogP contribution in [0.2, 0.25) is 0 Å². The molecular formula is C20H31N3O4S. The molecule has 1 aromatic heterocycles. The zero-order valence-electron chi connectivity index (χ0n) is 17.4. The molecule has 0 radical (unpaired) electrons. The van der Waals surface area contributed by atoms with Crippen LogP contribution in [0.4, 0.5) is 5.00 Å². The van der Waals surface area contributed by atoms with E-state index in [2.05, 4.69) is 19.2 Å². The molecule has 0 spiro atoms. The van der Waals surface area contributed by atoms with Crippen LogP contribution in [-0.4, -0.2) is 67.4 Å². The second-order valence-electron chi connectivity index (χ2n) is 7.69. The summed E-state index contributed by atoms with van der Waals surface area (Å²) in [6, 6.07) is -0.259. The molecule has 1 aromatic rings. The van der Waals surface area contributed by atoms with Crippen LogP contribution >= 0.6 is 11.3 Å². The number of likely N-dealkylation sites (tertiary alicyclic amines) is 1. The van der Waals surface area contributed by atoms with E-state index in [0.717, 1.165) is 24.8 Å². The normalized spacial score (nSPS) is 17.0. The molecule has 0 saturated carbocycles. The third-order valence-corrected chi connectivity index (χ3v) is 5.61. The summed E-state index contributed by atoms with van der Waals surface area (Å²) in [5.41, 5.74) is 1.35. The molecule has 8 heteroatoms. The first-order chi connectivity index (χ1) is 13.2. The highest BCUT2D eigenvalue weighted by Crippen LogP contribution is 2.31. The summed E-state index contributed by atoms with van der Waals surface area (Å²) in [6.07, 6.45) is 2.39. The number of esters is 1. The molecule has 2 amide bonds. The van der Waals surface area contributed by atoms with E-state index in [4.69, 9.17) is 4.74 Å². The summed E-state index contributed by atoms with van der Waals surface area (Å²) >= 11 is 1.34. The standard InChI is InChI=1S/C20H31N3O4S/c1-6-27-20(26)17-14(10-13(2)3)12-28-18(17)21-16(24)11-23-9-7-8-15(23)19(25)22(4)5/h12-13,15H,6-11H2,1-5H3,(H,21,24)/t15-/m0/s1. The number of hydrogen-bond acceptors (Lipinski definition) is 6. The highest BCUT2D eigenvalue weighted by atomic mass is 32.1. The topological polar surface area (TPSA) is 79.0 Å². The SMILES string of the molecule is CCOC(=O)c1c(CC(C)C)csc1NC(=O)CN1CCC[C@H]1C(=O)N(C)C. The van der Waals surface area contributed by atoms with Crippen molar-refractivity contribution in [2.75, 3.05) is 39.1 Å². The summed E-state index contributed by atoms with van der Waals surface area (Å²) in [6.45, 7) is 7.06. The lowest BCUT2D eigenvalue weighted by molar-refractivity contribution is -0.133. The van der Waals surface area contributed by atoms with Gasteiger partial charge in [-0.2, -0.15) is 0 Å². The molecule has 7 nitrogen and oxygen atoms in total. The average Bonchev–Trinajstić information content (AvgIpc) is 3.21. The summed E-state index contributed by atoms with van der Waals surface area (Å²) in [5, 5.41) is 5.31. The highest BCUT2D eigenvalue weighted by molar-refractivity contribution is 7.15. The first kappa shape index (κ1) is 22.4. The van der Waals surface area contributed by atoms with Crippen LogP contribution < -0.4 is 5.32 Å². The molecule has 1 fully saturated rings. The highest BCUT2D eigenvalue weighted by Gasteiger charge is 2.33. The molecule has 156 valence electrons. The number of nitrogens with one attached hydrogen (secondary N) is 1. The van der Waals surface area contributed by atoms with Crippen LogP contribution in [0, 0.1) is 5.92 Å². The molecule has 0 bridgehead atoms. The Morgan fingerprint density at radius 1 is 1.36 bits per heavy atom. The van der Waals surface area contributed by atoms with Crippen molar-refractivity contribution in [3.63, 3.8) is 0 Å². The summed E-state index contributed by atoms with van der Waals surface area (Å²) < 4.78 is 5.19. The molecule has 2 heterocycles. The largest absolute Gasteiger partial charge is 0.462 e. The van der Waals surface area contributed by atoms with Gasteiger partial charge in [0.25, 0.3) is 0 Å². The summed E-state index contributed by atoms with van der Waals surface area (Å²) in [7, 11) is 3.46. The molecule has 2 rings (SSSR count). The third kappa shape index (κ3) is 5.54. The van der Waals surface area contributed by atoms with Crippen molar-refractivity contribution in [1.29, 1.82) is 0 Å². The number of ether oxygens (including phenoxy) is 1. The fraction of sp³-hybridized carbons (Fsp3) is 0.650. The van der Waals surface area contributed by atoms with E-state index in [1.54, 1.807) is 25.9 Å². The number of thiophene rings is 1. The number of hydrogen-bond donors (Lipinski definition) is 1. The van der Waals surface area contributed by atoms with E-state index >= 15 is 0 Å². The molecular weight excluding hydrogens is 378 g/mol. The lowest BCUT2D eigenvalue weighted by Crippen LogP contribution is -2.45. The third-order valence-electron chi connectivity index (χ3n) is 4.66. The van der Waals surface area contributed by atoms with Crippen LogP contribution in [-0.2, 0) is 20.7 Å². The molecule has 1 aliphatic rings. The fourth-order valence-electron chi connectivity index (χ4n) is 3.45. The molecule has 0 unspecified atom stereocenters. The minimum atomic E-state index is -0.406. The van der Waals surface area contributed by atoms with Gasteiger partial charge >= 0.3 is 5.97 Å². The Kier molecular flexibility index (Phi) is 8.00. The molecule has 1 N–H and O–H groups in total. The van der Waals surface area contributed by atoms with Crippen molar-refractivity contribution >= 4 is 34.1 Å². The Morgan fingerprint density at radius 3 is 2.68 bits per heavy atom. The number of rotatable bonds is 8. The summed E-state index contributed by atoms with van der Waals surface area (Å²) in [5.74, 6) is -0.222. The minimum absolute atomic E-state index is 0.0212. The maximum Gasteiger partial charge on any atom is 0.341 e. The van der Waals surface area contributed by atoms with E-state index in [9.17, 15) is 14.4 Å². The van der Waals surface area contributed by atoms with Crippen LogP contribution in [0.15, 0.2) is 5.38 Å². The quantitative estimate of drug-likeness (QED) is 0.668. The van der Waals surface area contributed by atoms with Gasteiger partial charge in [-0.3, -0.25) is 14.5 Å². The van der Waals surface area contributed by atoms with Crippen molar-refractivity contribution in [3.05, 3.63) is 16.5 Å². The van der Waals surface area contributed by atoms with Crippen molar-refractivity contribution in [1.82, 2.24) is 9.80 Å². The van der Waals surface area contributed by atoms with Gasteiger partial charge in [0.05, 0.1) is 24.8 Å². The molecule has 0 aromatic carbocycles. The summed E-state index contributed by atoms with van der Waals surface area (Å²) in [4.78, 5) is 40.9. The molecule has 1 atom stereocenters. The Morgan fingerprint density at radius 2 is 2.07 bits per heavy atom. The predicted octanol–water partition coefficient (Wildman–Crippen LogP) is 2.61. The van der Waals surface area contributed by atoms with E-state index < -0.39 is 5.97 Å². The van der Waals surface area contributed by atoms with Crippen molar-refractivity contribution in [2.45, 2.75) is 46.1 Å². The number of likely N-dealkylation sites (N-methyl/N-ethyl adjacent to an activating group) is 1. The predicted molar refractivity (Wildman–Crippen MR) is 111 cm³/mol. The number of carbonyl (C=O) groups excluding carboxylic acids is 3. The van der Waals surface area contributed by atoms with Crippen molar-refractivity contribution in [2.24, 2.45) is 5.92 Å². The van der Waals surface area contributed by atoms with Gasteiger partial charge in [-0.25, -0.2) is 4.79 Å². The number of carbonyl (C=O) groups is 3. The zero-order valence-corrected chi connectivity index (χ0v) is 18.2. The molecule has 0 aliphatic carbocycles. The van der Waals surface area contributed by atoms with E-state index in [-0.39, 0.29) is 31.0 Å². The first-order valence-corrected chi connectivity index (χ1v) is 10.6. The van der Waals surface area contributed by atoms with Gasteiger partial charge in [-0.15, -0.1) is 11.3 Å². The number of amides is 2. The van der Waals surface area contributed by atoms with E-state index in [0.29, 0.717) is 23.0 Å². The van der Waals surface area contributed by atoms with E-state index in [1.165, 1.54) is 11.3 Å². The molecule has 1 aliphatic heterocycles.